The van der Waals surface area contributed by atoms with Gasteiger partial charge >= 0.3 is 0 Å². The van der Waals surface area contributed by atoms with E-state index in [9.17, 15) is 13.2 Å². The largest absolute Gasteiger partial charge is 0.316 e. The van der Waals surface area contributed by atoms with Gasteiger partial charge in [0.2, 0.25) is 5.91 Å². The van der Waals surface area contributed by atoms with E-state index in [1.165, 1.54) is 30.0 Å². The standard InChI is InChI=1S/C15H14Cl2N2O3S/c1-10(20)19(2)14-5-3-13(4-6-14)18-23(21,22)15-8-11(16)7-12(17)9-15/h3-9,18H,1-2H3. The second-order valence-electron chi connectivity index (χ2n) is 4.84. The van der Waals surface area contributed by atoms with Gasteiger partial charge in [-0.25, -0.2) is 8.42 Å². The summed E-state index contributed by atoms with van der Waals surface area (Å²) in [7, 11) is -2.17. The van der Waals surface area contributed by atoms with Crippen LogP contribution in [0.5, 0.6) is 0 Å². The van der Waals surface area contributed by atoms with Crippen LogP contribution in [0.3, 0.4) is 0 Å². The number of hydrogen-bond donors (Lipinski definition) is 1. The number of benzene rings is 2. The number of amides is 1. The highest BCUT2D eigenvalue weighted by molar-refractivity contribution is 7.92. The number of sulfonamides is 1. The number of carbonyl (C=O) groups is 1. The number of carbonyl (C=O) groups excluding carboxylic acids is 1. The van der Waals surface area contributed by atoms with Crippen LogP contribution in [0.2, 0.25) is 10.0 Å². The summed E-state index contributed by atoms with van der Waals surface area (Å²) in [4.78, 5) is 12.7. The zero-order chi connectivity index (χ0) is 17.2. The number of nitrogens with zero attached hydrogens (tertiary/aromatic N) is 1. The van der Waals surface area contributed by atoms with Gasteiger partial charge < -0.3 is 4.90 Å². The van der Waals surface area contributed by atoms with Gasteiger partial charge in [-0.1, -0.05) is 23.2 Å². The Balaban J connectivity index is 2.25. The average molecular weight is 373 g/mol. The molecular weight excluding hydrogens is 359 g/mol. The smallest absolute Gasteiger partial charge is 0.261 e. The molecule has 0 bridgehead atoms. The van der Waals surface area contributed by atoms with Crippen LogP contribution in [0.1, 0.15) is 6.92 Å². The minimum atomic E-state index is -3.81. The summed E-state index contributed by atoms with van der Waals surface area (Å²) in [5, 5.41) is 0.465. The van der Waals surface area contributed by atoms with E-state index in [-0.39, 0.29) is 20.8 Å². The Labute approximate surface area is 144 Å². The molecule has 122 valence electrons. The maximum atomic E-state index is 12.3. The van der Waals surface area contributed by atoms with Crippen molar-refractivity contribution in [1.29, 1.82) is 0 Å². The van der Waals surface area contributed by atoms with Crippen molar-refractivity contribution in [1.82, 2.24) is 0 Å². The fourth-order valence-electron chi connectivity index (χ4n) is 1.83. The highest BCUT2D eigenvalue weighted by Gasteiger charge is 2.16. The van der Waals surface area contributed by atoms with E-state index in [0.29, 0.717) is 11.4 Å². The molecule has 0 saturated heterocycles. The molecule has 0 unspecified atom stereocenters. The van der Waals surface area contributed by atoms with Crippen LogP contribution in [0, 0.1) is 0 Å². The zero-order valence-electron chi connectivity index (χ0n) is 12.4. The molecule has 0 atom stereocenters. The maximum absolute atomic E-state index is 12.3. The van der Waals surface area contributed by atoms with E-state index in [1.54, 1.807) is 31.3 Å². The van der Waals surface area contributed by atoms with Crippen LogP contribution >= 0.6 is 23.2 Å². The molecule has 0 saturated carbocycles. The van der Waals surface area contributed by atoms with E-state index < -0.39 is 10.0 Å². The van der Waals surface area contributed by atoms with Gasteiger partial charge in [-0.05, 0) is 42.5 Å². The minimum Gasteiger partial charge on any atom is -0.316 e. The van der Waals surface area contributed by atoms with Gasteiger partial charge in [-0.2, -0.15) is 0 Å². The first-order valence-electron chi connectivity index (χ1n) is 6.52. The van der Waals surface area contributed by atoms with Crippen molar-refractivity contribution in [3.8, 4) is 0 Å². The number of anilines is 2. The number of halogens is 2. The molecule has 2 aromatic carbocycles. The first-order chi connectivity index (χ1) is 10.7. The molecule has 0 heterocycles. The van der Waals surface area contributed by atoms with Crippen LogP contribution in [0.15, 0.2) is 47.4 Å². The molecular formula is C15H14Cl2N2O3S. The quantitative estimate of drug-likeness (QED) is 0.887. The Morgan fingerprint density at radius 2 is 1.57 bits per heavy atom. The van der Waals surface area contributed by atoms with Crippen molar-refractivity contribution in [3.05, 3.63) is 52.5 Å². The molecule has 1 N–H and O–H groups in total. The van der Waals surface area contributed by atoms with E-state index in [0.717, 1.165) is 0 Å². The summed E-state index contributed by atoms with van der Waals surface area (Å²) in [6, 6.07) is 10.5. The molecule has 0 radical (unpaired) electrons. The summed E-state index contributed by atoms with van der Waals surface area (Å²) in [6.07, 6.45) is 0. The molecule has 2 rings (SSSR count). The van der Waals surface area contributed by atoms with Crippen LogP contribution in [-0.4, -0.2) is 21.4 Å². The lowest BCUT2D eigenvalue weighted by atomic mass is 10.2. The fourth-order valence-corrected chi connectivity index (χ4v) is 3.62. The van der Waals surface area contributed by atoms with E-state index in [2.05, 4.69) is 4.72 Å². The van der Waals surface area contributed by atoms with Gasteiger partial charge in [0.15, 0.2) is 0 Å². The lowest BCUT2D eigenvalue weighted by Crippen LogP contribution is -2.22. The van der Waals surface area contributed by atoms with Crippen LogP contribution in [0.25, 0.3) is 0 Å². The van der Waals surface area contributed by atoms with Gasteiger partial charge in [-0.15, -0.1) is 0 Å². The van der Waals surface area contributed by atoms with Gasteiger partial charge in [0.05, 0.1) is 4.90 Å². The van der Waals surface area contributed by atoms with Gasteiger partial charge in [0.25, 0.3) is 10.0 Å². The van der Waals surface area contributed by atoms with Crippen molar-refractivity contribution in [2.24, 2.45) is 0 Å². The van der Waals surface area contributed by atoms with Crippen LogP contribution in [0.4, 0.5) is 11.4 Å². The molecule has 8 heteroatoms. The second-order valence-corrected chi connectivity index (χ2v) is 7.39. The van der Waals surface area contributed by atoms with Gasteiger partial charge in [0.1, 0.15) is 0 Å². The summed E-state index contributed by atoms with van der Waals surface area (Å²) in [6.45, 7) is 1.44. The Hall–Kier alpha value is -1.76. The Kier molecular flexibility index (Phi) is 5.19. The third-order valence-corrected chi connectivity index (χ3v) is 4.92. The van der Waals surface area contributed by atoms with Crippen LogP contribution in [-0.2, 0) is 14.8 Å². The average Bonchev–Trinajstić information content (AvgIpc) is 2.46. The zero-order valence-corrected chi connectivity index (χ0v) is 14.7. The monoisotopic (exact) mass is 372 g/mol. The van der Waals surface area contributed by atoms with E-state index in [1.807, 2.05) is 0 Å². The van der Waals surface area contributed by atoms with Gasteiger partial charge in [-0.3, -0.25) is 9.52 Å². The van der Waals surface area contributed by atoms with Gasteiger partial charge in [0, 0.05) is 35.4 Å². The SMILES string of the molecule is CC(=O)N(C)c1ccc(NS(=O)(=O)c2cc(Cl)cc(Cl)c2)cc1. The third kappa shape index (κ3) is 4.37. The first-order valence-corrected chi connectivity index (χ1v) is 8.76. The highest BCUT2D eigenvalue weighted by Crippen LogP contribution is 2.25. The van der Waals surface area contributed by atoms with Crippen LogP contribution < -0.4 is 9.62 Å². The molecule has 0 fully saturated rings. The summed E-state index contributed by atoms with van der Waals surface area (Å²) in [5.74, 6) is -0.119. The number of hydrogen-bond acceptors (Lipinski definition) is 3. The minimum absolute atomic E-state index is 0.0278. The summed E-state index contributed by atoms with van der Waals surface area (Å²) < 4.78 is 27.1. The lowest BCUT2D eigenvalue weighted by molar-refractivity contribution is -0.116. The predicted molar refractivity (Wildman–Crippen MR) is 92.8 cm³/mol. The molecule has 0 aromatic heterocycles. The second kappa shape index (κ2) is 6.78. The topological polar surface area (TPSA) is 66.5 Å². The molecule has 5 nitrogen and oxygen atoms in total. The fraction of sp³-hybridized carbons (Fsp3) is 0.133. The molecule has 0 aliphatic rings. The normalized spacial score (nSPS) is 11.1. The number of nitrogens with one attached hydrogen (secondary N) is 1. The van der Waals surface area contributed by atoms with Crippen molar-refractivity contribution >= 4 is 50.5 Å². The highest BCUT2D eigenvalue weighted by atomic mass is 35.5. The van der Waals surface area contributed by atoms with E-state index >= 15 is 0 Å². The summed E-state index contributed by atoms with van der Waals surface area (Å²) >= 11 is 11.7. The predicted octanol–water partition coefficient (Wildman–Crippen LogP) is 3.78. The Morgan fingerprint density at radius 3 is 2.04 bits per heavy atom. The van der Waals surface area contributed by atoms with Crippen molar-refractivity contribution < 1.29 is 13.2 Å². The third-order valence-electron chi connectivity index (χ3n) is 3.13. The van der Waals surface area contributed by atoms with Crippen molar-refractivity contribution in [3.63, 3.8) is 0 Å². The maximum Gasteiger partial charge on any atom is 0.261 e. The lowest BCUT2D eigenvalue weighted by Gasteiger charge is -2.15. The molecule has 1 amide bonds. The molecule has 0 aliphatic heterocycles. The van der Waals surface area contributed by atoms with E-state index in [4.69, 9.17) is 23.2 Å². The first kappa shape index (κ1) is 17.6. The number of rotatable bonds is 4. The van der Waals surface area contributed by atoms with Crippen molar-refractivity contribution in [2.45, 2.75) is 11.8 Å². The molecule has 2 aromatic rings. The molecule has 23 heavy (non-hydrogen) atoms. The molecule has 0 spiro atoms. The Morgan fingerprint density at radius 1 is 1.04 bits per heavy atom. The Bertz CT molecular complexity index is 816. The molecule has 0 aliphatic carbocycles. The summed E-state index contributed by atoms with van der Waals surface area (Å²) in [5.41, 5.74) is 1.02. The van der Waals surface area contributed by atoms with Crippen molar-refractivity contribution in [2.75, 3.05) is 16.7 Å².